The van der Waals surface area contributed by atoms with Gasteiger partial charge in [0.05, 0.1) is 11.1 Å². The lowest BCUT2D eigenvalue weighted by Crippen LogP contribution is -2.23. The first-order valence-electron chi connectivity index (χ1n) is 8.47. The molecule has 0 aliphatic heterocycles. The van der Waals surface area contributed by atoms with Crippen LogP contribution in [0.3, 0.4) is 0 Å². The molecule has 0 atom stereocenters. The van der Waals surface area contributed by atoms with Crippen LogP contribution in [0.2, 0.25) is 0 Å². The van der Waals surface area contributed by atoms with Crippen LogP contribution in [-0.4, -0.2) is 22.2 Å². The highest BCUT2D eigenvalue weighted by atomic mass is 16.4. The van der Waals surface area contributed by atoms with E-state index in [-0.39, 0.29) is 11.1 Å². The van der Waals surface area contributed by atoms with Gasteiger partial charge in [-0.3, -0.25) is 0 Å². The Bertz CT molecular complexity index is 865. The number of carboxylic acid groups (broad SMARTS) is 2. The molecule has 3 aromatic rings. The summed E-state index contributed by atoms with van der Waals surface area (Å²) in [6.07, 6.45) is 0. The van der Waals surface area contributed by atoms with Crippen molar-refractivity contribution in [3.63, 3.8) is 0 Å². The van der Waals surface area contributed by atoms with Crippen molar-refractivity contribution in [3.05, 3.63) is 101 Å². The summed E-state index contributed by atoms with van der Waals surface area (Å²) in [5, 5.41) is 18.7. The second-order valence-electron chi connectivity index (χ2n) is 6.21. The topological polar surface area (TPSA) is 77.8 Å². The molecule has 27 heavy (non-hydrogen) atoms. The summed E-state index contributed by atoms with van der Waals surface area (Å²) >= 11 is 0. The molecule has 0 spiro atoms. The van der Waals surface area contributed by atoms with E-state index in [1.807, 2.05) is 65.6 Å². The molecular formula is C22H19NO4. The normalized spacial score (nSPS) is 10.4. The lowest BCUT2D eigenvalue weighted by Gasteiger charge is -2.26. The van der Waals surface area contributed by atoms with Gasteiger partial charge in [0, 0.05) is 18.8 Å². The molecule has 0 radical (unpaired) electrons. The van der Waals surface area contributed by atoms with E-state index in [4.69, 9.17) is 0 Å². The highest BCUT2D eigenvalue weighted by molar-refractivity contribution is 5.95. The van der Waals surface area contributed by atoms with Crippen LogP contribution in [0.1, 0.15) is 31.8 Å². The zero-order valence-corrected chi connectivity index (χ0v) is 14.6. The molecule has 2 N–H and O–H groups in total. The van der Waals surface area contributed by atoms with Gasteiger partial charge in [-0.1, -0.05) is 60.7 Å². The molecule has 5 heteroatoms. The van der Waals surface area contributed by atoms with Crippen molar-refractivity contribution in [1.82, 2.24) is 0 Å². The minimum atomic E-state index is -1.15. The zero-order valence-electron chi connectivity index (χ0n) is 14.6. The number of carbonyl (C=O) groups is 2. The third-order valence-corrected chi connectivity index (χ3v) is 4.21. The molecule has 5 nitrogen and oxygen atoms in total. The van der Waals surface area contributed by atoms with Gasteiger partial charge in [-0.25, -0.2) is 9.59 Å². The Hall–Kier alpha value is -3.60. The van der Waals surface area contributed by atoms with Gasteiger partial charge >= 0.3 is 11.9 Å². The van der Waals surface area contributed by atoms with Crippen LogP contribution in [0.4, 0.5) is 5.69 Å². The molecular weight excluding hydrogens is 342 g/mol. The van der Waals surface area contributed by atoms with Crippen molar-refractivity contribution in [3.8, 4) is 0 Å². The maximum absolute atomic E-state index is 11.5. The van der Waals surface area contributed by atoms with Gasteiger partial charge < -0.3 is 15.1 Å². The minimum absolute atomic E-state index is 0.0453. The van der Waals surface area contributed by atoms with E-state index in [0.29, 0.717) is 18.8 Å². The van der Waals surface area contributed by atoms with E-state index in [1.165, 1.54) is 18.2 Å². The second kappa shape index (κ2) is 8.19. The van der Waals surface area contributed by atoms with Crippen LogP contribution < -0.4 is 4.90 Å². The highest BCUT2D eigenvalue weighted by Gasteiger charge is 2.16. The average Bonchev–Trinajstić information content (AvgIpc) is 2.68. The van der Waals surface area contributed by atoms with Gasteiger partial charge in [0.25, 0.3) is 0 Å². The Labute approximate surface area is 157 Å². The van der Waals surface area contributed by atoms with E-state index in [1.54, 1.807) is 0 Å². The standard InChI is InChI=1S/C22H19NO4/c24-21(25)18-11-19(22(26)27)13-20(12-18)23(14-16-7-3-1-4-8-16)15-17-9-5-2-6-10-17/h1-13H,14-15H2,(H,24,25)(H,26,27). The smallest absolute Gasteiger partial charge is 0.335 e. The molecule has 0 unspecified atom stereocenters. The summed E-state index contributed by atoms with van der Waals surface area (Å²) in [4.78, 5) is 24.9. The van der Waals surface area contributed by atoms with Crippen LogP contribution in [-0.2, 0) is 13.1 Å². The summed E-state index contributed by atoms with van der Waals surface area (Å²) in [7, 11) is 0. The molecule has 0 aliphatic carbocycles. The molecule has 0 aromatic heterocycles. The van der Waals surface area contributed by atoms with Crippen molar-refractivity contribution in [2.45, 2.75) is 13.1 Å². The Morgan fingerprint density at radius 2 is 1.07 bits per heavy atom. The molecule has 3 aromatic carbocycles. The molecule has 0 heterocycles. The van der Waals surface area contributed by atoms with Crippen LogP contribution >= 0.6 is 0 Å². The summed E-state index contributed by atoms with van der Waals surface area (Å²) in [6, 6.07) is 23.7. The van der Waals surface area contributed by atoms with Crippen molar-refractivity contribution < 1.29 is 19.8 Å². The molecule has 3 rings (SSSR count). The first-order chi connectivity index (χ1) is 13.0. The van der Waals surface area contributed by atoms with Crippen LogP contribution in [0, 0.1) is 0 Å². The third-order valence-electron chi connectivity index (χ3n) is 4.21. The number of carboxylic acids is 2. The third kappa shape index (κ3) is 4.73. The molecule has 0 saturated carbocycles. The quantitative estimate of drug-likeness (QED) is 0.656. The maximum atomic E-state index is 11.5. The van der Waals surface area contributed by atoms with Crippen LogP contribution in [0.5, 0.6) is 0 Å². The van der Waals surface area contributed by atoms with Gasteiger partial charge in [0.1, 0.15) is 0 Å². The summed E-state index contributed by atoms with van der Waals surface area (Å²) in [6.45, 7) is 1.05. The van der Waals surface area contributed by atoms with E-state index in [9.17, 15) is 19.8 Å². The number of hydrogen-bond donors (Lipinski definition) is 2. The number of hydrogen-bond acceptors (Lipinski definition) is 3. The fourth-order valence-corrected chi connectivity index (χ4v) is 2.89. The van der Waals surface area contributed by atoms with E-state index in [0.717, 1.165) is 11.1 Å². The lowest BCUT2D eigenvalue weighted by molar-refractivity contribution is 0.0696. The SMILES string of the molecule is O=C(O)c1cc(C(=O)O)cc(N(Cc2ccccc2)Cc2ccccc2)c1. The lowest BCUT2D eigenvalue weighted by atomic mass is 10.1. The molecule has 0 fully saturated rings. The maximum Gasteiger partial charge on any atom is 0.335 e. The van der Waals surface area contributed by atoms with Gasteiger partial charge in [-0.05, 0) is 29.3 Å². The van der Waals surface area contributed by atoms with Gasteiger partial charge in [0.15, 0.2) is 0 Å². The predicted octanol–water partition coefficient (Wildman–Crippen LogP) is 4.29. The van der Waals surface area contributed by atoms with Crippen molar-refractivity contribution in [2.75, 3.05) is 4.90 Å². The molecule has 0 saturated heterocycles. The van der Waals surface area contributed by atoms with Crippen LogP contribution in [0.25, 0.3) is 0 Å². The second-order valence-corrected chi connectivity index (χ2v) is 6.21. The van der Waals surface area contributed by atoms with Crippen molar-refractivity contribution in [1.29, 1.82) is 0 Å². The Morgan fingerprint density at radius 3 is 1.44 bits per heavy atom. The number of aromatic carboxylic acids is 2. The Morgan fingerprint density at radius 1 is 0.667 bits per heavy atom. The van der Waals surface area contributed by atoms with Crippen LogP contribution in [0.15, 0.2) is 78.9 Å². The minimum Gasteiger partial charge on any atom is -0.478 e. The predicted molar refractivity (Wildman–Crippen MR) is 103 cm³/mol. The first kappa shape index (κ1) is 18.2. The number of benzene rings is 3. The fourth-order valence-electron chi connectivity index (χ4n) is 2.89. The van der Waals surface area contributed by atoms with Gasteiger partial charge in [-0.2, -0.15) is 0 Å². The van der Waals surface area contributed by atoms with Crippen molar-refractivity contribution >= 4 is 17.6 Å². The number of rotatable bonds is 7. The highest BCUT2D eigenvalue weighted by Crippen LogP contribution is 2.24. The van der Waals surface area contributed by atoms with E-state index >= 15 is 0 Å². The molecule has 0 bridgehead atoms. The summed E-state index contributed by atoms with van der Waals surface area (Å²) < 4.78 is 0. The molecule has 0 aliphatic rings. The van der Waals surface area contributed by atoms with Gasteiger partial charge in [0.2, 0.25) is 0 Å². The summed E-state index contributed by atoms with van der Waals surface area (Å²) in [5.41, 5.74) is 2.56. The molecule has 136 valence electrons. The van der Waals surface area contributed by atoms with E-state index < -0.39 is 11.9 Å². The largest absolute Gasteiger partial charge is 0.478 e. The number of anilines is 1. The van der Waals surface area contributed by atoms with E-state index in [2.05, 4.69) is 0 Å². The Balaban J connectivity index is 2.03. The average molecular weight is 361 g/mol. The fraction of sp³-hybridized carbons (Fsp3) is 0.0909. The monoisotopic (exact) mass is 361 g/mol. The molecule has 0 amide bonds. The number of nitrogens with zero attached hydrogens (tertiary/aromatic N) is 1. The zero-order chi connectivity index (χ0) is 19.2. The van der Waals surface area contributed by atoms with Gasteiger partial charge in [-0.15, -0.1) is 0 Å². The first-order valence-corrected chi connectivity index (χ1v) is 8.47. The van der Waals surface area contributed by atoms with Crippen molar-refractivity contribution in [2.24, 2.45) is 0 Å². The Kier molecular flexibility index (Phi) is 5.52. The summed E-state index contributed by atoms with van der Waals surface area (Å²) in [5.74, 6) is -2.31.